The van der Waals surface area contributed by atoms with Crippen molar-refractivity contribution in [3.05, 3.63) is 29.8 Å². The van der Waals surface area contributed by atoms with Gasteiger partial charge in [0.15, 0.2) is 5.75 Å². The van der Waals surface area contributed by atoms with Crippen LogP contribution in [0.15, 0.2) is 24.3 Å². The molecular formula is C12H16N2O2. The topological polar surface area (TPSA) is 44.7 Å². The van der Waals surface area contributed by atoms with Gasteiger partial charge in [-0.2, -0.15) is 0 Å². The Morgan fingerprint density at radius 1 is 1.25 bits per heavy atom. The standard InChI is InChI=1S/C12H16N2O2/c15-14-9-12(5-7-13-8-6-12)10-3-1-2-4-11(10)16-14/h1-4,13,15H,5-9H2. The summed E-state index contributed by atoms with van der Waals surface area (Å²) in [5.41, 5.74) is 1.29. The van der Waals surface area contributed by atoms with Gasteiger partial charge in [-0.05, 0) is 37.2 Å². The molecule has 2 N–H and O–H groups in total. The third kappa shape index (κ3) is 1.50. The Morgan fingerprint density at radius 3 is 2.81 bits per heavy atom. The maximum Gasteiger partial charge on any atom is 0.154 e. The smallest absolute Gasteiger partial charge is 0.154 e. The minimum atomic E-state index is 0.0504. The number of nitrogens with zero attached hydrogens (tertiary/aromatic N) is 1. The molecule has 2 aliphatic heterocycles. The zero-order chi connectivity index (χ0) is 11.0. The first-order chi connectivity index (χ1) is 7.80. The van der Waals surface area contributed by atoms with Crippen LogP contribution in [0.3, 0.4) is 0 Å². The molecule has 0 aliphatic carbocycles. The average molecular weight is 220 g/mol. The summed E-state index contributed by atoms with van der Waals surface area (Å²) in [6.07, 6.45) is 2.09. The number of piperidine rings is 1. The van der Waals surface area contributed by atoms with Crippen LogP contribution >= 0.6 is 0 Å². The summed E-state index contributed by atoms with van der Waals surface area (Å²) in [5, 5.41) is 14.0. The largest absolute Gasteiger partial charge is 0.380 e. The van der Waals surface area contributed by atoms with E-state index in [-0.39, 0.29) is 5.41 Å². The van der Waals surface area contributed by atoms with E-state index in [2.05, 4.69) is 11.4 Å². The van der Waals surface area contributed by atoms with Crippen LogP contribution in [-0.2, 0) is 5.41 Å². The number of rotatable bonds is 0. The molecule has 0 aromatic heterocycles. The van der Waals surface area contributed by atoms with Crippen molar-refractivity contribution >= 4 is 0 Å². The van der Waals surface area contributed by atoms with Crippen LogP contribution in [0.1, 0.15) is 18.4 Å². The molecule has 0 amide bonds. The molecule has 0 unspecified atom stereocenters. The molecule has 0 atom stereocenters. The monoisotopic (exact) mass is 220 g/mol. The van der Waals surface area contributed by atoms with Crippen molar-refractivity contribution < 1.29 is 10.0 Å². The molecule has 86 valence electrons. The highest BCUT2D eigenvalue weighted by atomic mass is 16.9. The van der Waals surface area contributed by atoms with E-state index < -0.39 is 0 Å². The van der Waals surface area contributed by atoms with Crippen molar-refractivity contribution in [3.8, 4) is 5.75 Å². The number of benzene rings is 1. The second kappa shape index (κ2) is 3.73. The van der Waals surface area contributed by atoms with Crippen molar-refractivity contribution in [1.29, 1.82) is 0 Å². The summed E-state index contributed by atoms with van der Waals surface area (Å²) in [7, 11) is 0. The summed E-state index contributed by atoms with van der Waals surface area (Å²) < 4.78 is 0. The zero-order valence-electron chi connectivity index (χ0n) is 9.15. The molecule has 16 heavy (non-hydrogen) atoms. The minimum Gasteiger partial charge on any atom is -0.380 e. The van der Waals surface area contributed by atoms with Gasteiger partial charge in [-0.3, -0.25) is 5.21 Å². The average Bonchev–Trinajstić information content (AvgIpc) is 2.30. The van der Waals surface area contributed by atoms with Crippen molar-refractivity contribution in [3.63, 3.8) is 0 Å². The Labute approximate surface area is 94.7 Å². The lowest BCUT2D eigenvalue weighted by atomic mass is 9.72. The van der Waals surface area contributed by atoms with E-state index in [1.165, 1.54) is 5.56 Å². The fraction of sp³-hybridized carbons (Fsp3) is 0.500. The fourth-order valence-electron chi connectivity index (χ4n) is 2.81. The fourth-order valence-corrected chi connectivity index (χ4v) is 2.81. The van der Waals surface area contributed by atoms with E-state index >= 15 is 0 Å². The number of hydrogen-bond donors (Lipinski definition) is 2. The molecule has 0 saturated carbocycles. The third-order valence-electron chi connectivity index (χ3n) is 3.66. The van der Waals surface area contributed by atoms with Gasteiger partial charge in [0.05, 0.1) is 6.54 Å². The lowest BCUT2D eigenvalue weighted by molar-refractivity contribution is -0.299. The first-order valence-electron chi connectivity index (χ1n) is 5.75. The van der Waals surface area contributed by atoms with Gasteiger partial charge < -0.3 is 10.2 Å². The second-order valence-corrected chi connectivity index (χ2v) is 4.63. The van der Waals surface area contributed by atoms with Crippen molar-refractivity contribution in [2.45, 2.75) is 18.3 Å². The lowest BCUT2D eigenvalue weighted by Crippen LogP contribution is -2.50. The molecule has 1 aromatic rings. The number of fused-ring (bicyclic) bond motifs is 2. The molecule has 3 rings (SSSR count). The van der Waals surface area contributed by atoms with Crippen LogP contribution in [0.25, 0.3) is 0 Å². The summed E-state index contributed by atoms with van der Waals surface area (Å²) in [5.74, 6) is 0.790. The number of nitrogens with one attached hydrogen (secondary N) is 1. The second-order valence-electron chi connectivity index (χ2n) is 4.63. The third-order valence-corrected chi connectivity index (χ3v) is 3.66. The summed E-state index contributed by atoms with van der Waals surface area (Å²) in [4.78, 5) is 5.33. The van der Waals surface area contributed by atoms with Gasteiger partial charge in [0.25, 0.3) is 0 Å². The number of hydroxylamine groups is 2. The summed E-state index contributed by atoms with van der Waals surface area (Å²) in [6, 6.07) is 8.01. The maximum absolute atomic E-state index is 9.66. The molecular weight excluding hydrogens is 204 g/mol. The van der Waals surface area contributed by atoms with Crippen LogP contribution in [-0.4, -0.2) is 30.1 Å². The molecule has 1 aromatic carbocycles. The van der Waals surface area contributed by atoms with Crippen LogP contribution < -0.4 is 10.2 Å². The SMILES string of the molecule is ON1CC2(CCNCC2)c2ccccc2O1. The van der Waals surface area contributed by atoms with E-state index in [0.29, 0.717) is 6.54 Å². The molecule has 1 fully saturated rings. The van der Waals surface area contributed by atoms with Crippen LogP contribution in [0.4, 0.5) is 0 Å². The van der Waals surface area contributed by atoms with Gasteiger partial charge >= 0.3 is 0 Å². The Bertz CT molecular complexity index is 388. The highest BCUT2D eigenvalue weighted by Gasteiger charge is 2.41. The van der Waals surface area contributed by atoms with Gasteiger partial charge in [-0.25, -0.2) is 0 Å². The Hall–Kier alpha value is -1.10. The van der Waals surface area contributed by atoms with Crippen LogP contribution in [0.2, 0.25) is 0 Å². The van der Waals surface area contributed by atoms with Crippen molar-refractivity contribution in [2.24, 2.45) is 0 Å². The molecule has 4 heteroatoms. The van der Waals surface area contributed by atoms with E-state index in [1.807, 2.05) is 18.2 Å². The summed E-state index contributed by atoms with van der Waals surface area (Å²) in [6.45, 7) is 2.57. The van der Waals surface area contributed by atoms with E-state index in [4.69, 9.17) is 4.84 Å². The van der Waals surface area contributed by atoms with Gasteiger partial charge in [0.1, 0.15) is 0 Å². The van der Waals surface area contributed by atoms with Crippen LogP contribution in [0.5, 0.6) is 5.75 Å². The van der Waals surface area contributed by atoms with Crippen LogP contribution in [0, 0.1) is 0 Å². The number of hydrogen-bond acceptors (Lipinski definition) is 4. The first-order valence-corrected chi connectivity index (χ1v) is 5.75. The Morgan fingerprint density at radius 2 is 2.00 bits per heavy atom. The predicted octanol–water partition coefficient (Wildman–Crippen LogP) is 1.31. The first kappa shape index (κ1) is 10.1. The highest BCUT2D eigenvalue weighted by molar-refractivity contribution is 5.41. The molecule has 0 bridgehead atoms. The normalized spacial score (nSPS) is 23.8. The number of para-hydroxylation sites is 1. The van der Waals surface area contributed by atoms with Gasteiger partial charge in [0.2, 0.25) is 0 Å². The van der Waals surface area contributed by atoms with Crippen molar-refractivity contribution in [1.82, 2.24) is 10.5 Å². The minimum absolute atomic E-state index is 0.0504. The highest BCUT2D eigenvalue weighted by Crippen LogP contribution is 2.42. The molecule has 4 nitrogen and oxygen atoms in total. The molecule has 2 aliphatic rings. The molecule has 0 radical (unpaired) electrons. The van der Waals surface area contributed by atoms with Gasteiger partial charge in [0, 0.05) is 11.0 Å². The Kier molecular flexibility index (Phi) is 2.35. The van der Waals surface area contributed by atoms with E-state index in [0.717, 1.165) is 36.9 Å². The molecule has 1 spiro atoms. The quantitative estimate of drug-likeness (QED) is 0.692. The van der Waals surface area contributed by atoms with Gasteiger partial charge in [-0.1, -0.05) is 18.2 Å². The van der Waals surface area contributed by atoms with Crippen molar-refractivity contribution in [2.75, 3.05) is 19.6 Å². The predicted molar refractivity (Wildman–Crippen MR) is 59.3 cm³/mol. The Balaban J connectivity index is 2.05. The van der Waals surface area contributed by atoms with Gasteiger partial charge in [-0.15, -0.1) is 0 Å². The zero-order valence-corrected chi connectivity index (χ0v) is 9.15. The summed E-state index contributed by atoms with van der Waals surface area (Å²) >= 11 is 0. The maximum atomic E-state index is 9.66. The molecule has 1 saturated heterocycles. The van der Waals surface area contributed by atoms with E-state index in [1.54, 1.807) is 0 Å². The van der Waals surface area contributed by atoms with E-state index in [9.17, 15) is 5.21 Å². The lowest BCUT2D eigenvalue weighted by Gasteiger charge is -2.43. The molecule has 2 heterocycles.